The van der Waals surface area contributed by atoms with Crippen molar-refractivity contribution in [2.75, 3.05) is 46.0 Å². The SMILES string of the molecule is O=C([C@H]1CCOc2ccccc2C1)N1CCN(C2CCOCC2)CC1. The van der Waals surface area contributed by atoms with E-state index in [9.17, 15) is 4.79 Å². The van der Waals surface area contributed by atoms with Crippen molar-refractivity contribution in [1.29, 1.82) is 0 Å². The number of hydrogen-bond acceptors (Lipinski definition) is 4. The molecule has 1 amide bonds. The third-order valence-electron chi connectivity index (χ3n) is 5.85. The highest BCUT2D eigenvalue weighted by molar-refractivity contribution is 5.79. The first-order valence-corrected chi connectivity index (χ1v) is 9.62. The lowest BCUT2D eigenvalue weighted by atomic mass is 9.95. The van der Waals surface area contributed by atoms with E-state index in [1.807, 2.05) is 18.2 Å². The van der Waals surface area contributed by atoms with Crippen LogP contribution in [0.4, 0.5) is 0 Å². The molecule has 3 heterocycles. The van der Waals surface area contributed by atoms with Crippen molar-refractivity contribution in [3.63, 3.8) is 0 Å². The molecule has 0 saturated carbocycles. The second kappa shape index (κ2) is 7.75. The second-order valence-corrected chi connectivity index (χ2v) is 7.35. The number of piperazine rings is 1. The number of nitrogens with zero attached hydrogens (tertiary/aromatic N) is 2. The first-order chi connectivity index (χ1) is 12.3. The standard InChI is InChI=1S/C20H28N2O3/c23-20(17-5-14-25-19-4-2-1-3-16(19)15-17)22-10-8-21(9-11-22)18-6-12-24-13-7-18/h1-4,17-18H,5-15H2/t17-/m0/s1. The Hall–Kier alpha value is -1.59. The maximum atomic E-state index is 13.0. The van der Waals surface area contributed by atoms with Crippen molar-refractivity contribution in [3.05, 3.63) is 29.8 Å². The number of para-hydroxylation sites is 1. The zero-order valence-corrected chi connectivity index (χ0v) is 14.9. The average molecular weight is 344 g/mol. The van der Waals surface area contributed by atoms with Gasteiger partial charge in [-0.3, -0.25) is 9.69 Å². The van der Waals surface area contributed by atoms with Crippen LogP contribution in [0.3, 0.4) is 0 Å². The zero-order valence-electron chi connectivity index (χ0n) is 14.9. The fraction of sp³-hybridized carbons (Fsp3) is 0.650. The van der Waals surface area contributed by atoms with Gasteiger partial charge in [0.05, 0.1) is 6.61 Å². The van der Waals surface area contributed by atoms with Gasteiger partial charge >= 0.3 is 0 Å². The molecule has 2 saturated heterocycles. The molecule has 3 aliphatic rings. The molecule has 1 atom stereocenters. The van der Waals surface area contributed by atoms with Crippen molar-refractivity contribution in [2.24, 2.45) is 5.92 Å². The molecular weight excluding hydrogens is 316 g/mol. The minimum absolute atomic E-state index is 0.0540. The van der Waals surface area contributed by atoms with Crippen LogP contribution < -0.4 is 4.74 Å². The van der Waals surface area contributed by atoms with Gasteiger partial charge in [-0.2, -0.15) is 0 Å². The van der Waals surface area contributed by atoms with E-state index in [1.54, 1.807) is 0 Å². The summed E-state index contributed by atoms with van der Waals surface area (Å²) in [6, 6.07) is 8.76. The van der Waals surface area contributed by atoms with Crippen LogP contribution in [0, 0.1) is 5.92 Å². The quantitative estimate of drug-likeness (QED) is 0.822. The van der Waals surface area contributed by atoms with Gasteiger partial charge in [-0.25, -0.2) is 0 Å². The lowest BCUT2D eigenvalue weighted by Crippen LogP contribution is -2.54. The molecule has 3 aliphatic heterocycles. The molecule has 0 aromatic heterocycles. The summed E-state index contributed by atoms with van der Waals surface area (Å²) in [5.41, 5.74) is 1.17. The number of ether oxygens (including phenoxy) is 2. The Morgan fingerprint density at radius 2 is 1.72 bits per heavy atom. The molecule has 5 nitrogen and oxygen atoms in total. The third-order valence-corrected chi connectivity index (χ3v) is 5.85. The molecule has 25 heavy (non-hydrogen) atoms. The molecule has 5 heteroatoms. The Kier molecular flexibility index (Phi) is 5.22. The van der Waals surface area contributed by atoms with Gasteiger partial charge in [0.25, 0.3) is 0 Å². The average Bonchev–Trinajstić information content (AvgIpc) is 2.91. The second-order valence-electron chi connectivity index (χ2n) is 7.35. The smallest absolute Gasteiger partial charge is 0.226 e. The predicted octanol–water partition coefficient (Wildman–Crippen LogP) is 1.95. The molecule has 4 rings (SSSR count). The summed E-state index contributed by atoms with van der Waals surface area (Å²) in [7, 11) is 0. The van der Waals surface area contributed by atoms with Gasteiger partial charge in [-0.1, -0.05) is 18.2 Å². The van der Waals surface area contributed by atoms with Crippen LogP contribution in [0.5, 0.6) is 5.75 Å². The first kappa shape index (κ1) is 16.9. The van der Waals surface area contributed by atoms with Crippen molar-refractivity contribution in [2.45, 2.75) is 31.7 Å². The van der Waals surface area contributed by atoms with E-state index in [2.05, 4.69) is 15.9 Å². The summed E-state index contributed by atoms with van der Waals surface area (Å²) in [6.07, 6.45) is 3.87. The Morgan fingerprint density at radius 1 is 0.960 bits per heavy atom. The van der Waals surface area contributed by atoms with Crippen molar-refractivity contribution < 1.29 is 14.3 Å². The molecule has 0 radical (unpaired) electrons. The zero-order chi connectivity index (χ0) is 17.1. The molecule has 0 bridgehead atoms. The summed E-state index contributed by atoms with van der Waals surface area (Å²) in [4.78, 5) is 17.7. The van der Waals surface area contributed by atoms with Gasteiger partial charge < -0.3 is 14.4 Å². The van der Waals surface area contributed by atoms with Crippen molar-refractivity contribution in [1.82, 2.24) is 9.80 Å². The van der Waals surface area contributed by atoms with E-state index in [0.29, 0.717) is 18.6 Å². The number of hydrogen-bond donors (Lipinski definition) is 0. The minimum atomic E-state index is 0.0540. The van der Waals surface area contributed by atoms with Crippen LogP contribution in [-0.4, -0.2) is 67.7 Å². The molecule has 1 aromatic rings. The molecule has 136 valence electrons. The maximum Gasteiger partial charge on any atom is 0.226 e. The van der Waals surface area contributed by atoms with Crippen LogP contribution >= 0.6 is 0 Å². The topological polar surface area (TPSA) is 42.0 Å². The van der Waals surface area contributed by atoms with Gasteiger partial charge in [0.15, 0.2) is 0 Å². The van der Waals surface area contributed by atoms with Crippen LogP contribution in [0.2, 0.25) is 0 Å². The molecule has 2 fully saturated rings. The number of benzene rings is 1. The van der Waals surface area contributed by atoms with Gasteiger partial charge in [0.1, 0.15) is 5.75 Å². The molecule has 0 unspecified atom stereocenters. The van der Waals surface area contributed by atoms with Crippen LogP contribution in [0.25, 0.3) is 0 Å². The molecular formula is C20H28N2O3. The lowest BCUT2D eigenvalue weighted by Gasteiger charge is -2.41. The fourth-order valence-corrected chi connectivity index (χ4v) is 4.32. The number of carbonyl (C=O) groups excluding carboxylic acids is 1. The maximum absolute atomic E-state index is 13.0. The first-order valence-electron chi connectivity index (χ1n) is 9.62. The molecule has 0 aliphatic carbocycles. The highest BCUT2D eigenvalue weighted by Crippen LogP contribution is 2.28. The third kappa shape index (κ3) is 3.82. The molecule has 0 spiro atoms. The Bertz CT molecular complexity index is 592. The van der Waals surface area contributed by atoms with Crippen LogP contribution in [0.1, 0.15) is 24.8 Å². The van der Waals surface area contributed by atoms with Crippen molar-refractivity contribution >= 4 is 5.91 Å². The normalized spacial score (nSPS) is 25.8. The summed E-state index contributed by atoms with van der Waals surface area (Å²) >= 11 is 0. The number of amides is 1. The summed E-state index contributed by atoms with van der Waals surface area (Å²) in [6.45, 7) is 6.10. The number of rotatable bonds is 2. The van der Waals surface area contributed by atoms with E-state index < -0.39 is 0 Å². The highest BCUT2D eigenvalue weighted by atomic mass is 16.5. The highest BCUT2D eigenvalue weighted by Gasteiger charge is 2.31. The van der Waals surface area contributed by atoms with E-state index >= 15 is 0 Å². The van der Waals surface area contributed by atoms with E-state index in [1.165, 1.54) is 5.56 Å². The summed E-state index contributed by atoms with van der Waals surface area (Å²) in [5.74, 6) is 1.31. The van der Waals surface area contributed by atoms with E-state index in [4.69, 9.17) is 9.47 Å². The monoisotopic (exact) mass is 344 g/mol. The Balaban J connectivity index is 1.34. The Labute approximate surface area is 149 Å². The number of fused-ring (bicyclic) bond motifs is 1. The van der Waals surface area contributed by atoms with E-state index in [-0.39, 0.29) is 5.92 Å². The van der Waals surface area contributed by atoms with Gasteiger partial charge in [-0.05, 0) is 37.3 Å². The summed E-state index contributed by atoms with van der Waals surface area (Å²) < 4.78 is 11.3. The largest absolute Gasteiger partial charge is 0.493 e. The molecule has 1 aromatic carbocycles. The van der Waals surface area contributed by atoms with Crippen LogP contribution in [-0.2, 0) is 16.0 Å². The van der Waals surface area contributed by atoms with E-state index in [0.717, 1.165) is 70.8 Å². The Morgan fingerprint density at radius 3 is 2.52 bits per heavy atom. The van der Waals surface area contributed by atoms with Gasteiger partial charge in [0.2, 0.25) is 5.91 Å². The lowest BCUT2D eigenvalue weighted by molar-refractivity contribution is -0.138. The summed E-state index contributed by atoms with van der Waals surface area (Å²) in [5, 5.41) is 0. The minimum Gasteiger partial charge on any atom is -0.493 e. The van der Waals surface area contributed by atoms with Crippen molar-refractivity contribution in [3.8, 4) is 5.75 Å². The van der Waals surface area contributed by atoms with Gasteiger partial charge in [0, 0.05) is 51.4 Å². The van der Waals surface area contributed by atoms with Gasteiger partial charge in [-0.15, -0.1) is 0 Å². The number of carbonyl (C=O) groups is 1. The predicted molar refractivity (Wildman–Crippen MR) is 95.7 cm³/mol. The molecule has 0 N–H and O–H groups in total. The van der Waals surface area contributed by atoms with Crippen LogP contribution in [0.15, 0.2) is 24.3 Å². The fourth-order valence-electron chi connectivity index (χ4n) is 4.32.